The number of carbonyl (C=O) groups excluding carboxylic acids is 1. The Labute approximate surface area is 159 Å². The highest BCUT2D eigenvalue weighted by Crippen LogP contribution is 2.25. The van der Waals surface area contributed by atoms with Gasteiger partial charge >= 0.3 is 12.0 Å². The number of likely N-dealkylation sites (N-methyl/N-ethyl adjacent to an activating group) is 1. The minimum absolute atomic E-state index is 0.00106. The van der Waals surface area contributed by atoms with Gasteiger partial charge < -0.3 is 15.7 Å². The van der Waals surface area contributed by atoms with Crippen LogP contribution in [0.4, 0.5) is 4.79 Å². The summed E-state index contributed by atoms with van der Waals surface area (Å²) in [5.74, 6) is -0.857. The maximum atomic E-state index is 12.0. The number of urea groups is 1. The van der Waals surface area contributed by atoms with Crippen molar-refractivity contribution < 1.29 is 23.1 Å². The lowest BCUT2D eigenvalue weighted by Crippen LogP contribution is -2.56. The molecular weight excluding hydrogens is 372 g/mol. The minimum atomic E-state index is -3.58. The van der Waals surface area contributed by atoms with Gasteiger partial charge in [-0.1, -0.05) is 25.1 Å². The van der Waals surface area contributed by atoms with Crippen LogP contribution < -0.4 is 15.4 Å². The standard InChI is InChI=1S/C17H26N4O5S/c1-2-21(12-16(22)23)14-10-13(11-14)20-17(24)18-8-9-19-27(25,26)15-6-4-3-5-7-15/h3-7,13-14,19H,2,8-12H2,1H3,(H,22,23)(H2,18,20,24). The van der Waals surface area contributed by atoms with Crippen LogP contribution in [0.3, 0.4) is 0 Å². The fourth-order valence-corrected chi connectivity index (χ4v) is 4.01. The molecule has 27 heavy (non-hydrogen) atoms. The molecule has 9 nitrogen and oxygen atoms in total. The summed E-state index contributed by atoms with van der Waals surface area (Å²) >= 11 is 0. The van der Waals surface area contributed by atoms with Crippen molar-refractivity contribution in [2.45, 2.75) is 36.7 Å². The number of benzene rings is 1. The molecule has 2 amide bonds. The molecule has 1 aliphatic carbocycles. The Morgan fingerprint density at radius 2 is 1.85 bits per heavy atom. The van der Waals surface area contributed by atoms with E-state index >= 15 is 0 Å². The summed E-state index contributed by atoms with van der Waals surface area (Å²) < 4.78 is 26.5. The van der Waals surface area contributed by atoms with Crippen molar-refractivity contribution >= 4 is 22.0 Å². The molecule has 0 aromatic heterocycles. The van der Waals surface area contributed by atoms with Crippen molar-refractivity contribution in [3.8, 4) is 0 Å². The van der Waals surface area contributed by atoms with Crippen molar-refractivity contribution in [1.82, 2.24) is 20.3 Å². The summed E-state index contributed by atoms with van der Waals surface area (Å²) in [6.45, 7) is 2.81. The molecule has 0 saturated heterocycles. The SMILES string of the molecule is CCN(CC(=O)O)C1CC(NC(=O)NCCNS(=O)(=O)c2ccccc2)C1. The molecule has 1 fully saturated rings. The number of carboxylic acid groups (broad SMARTS) is 1. The molecule has 0 spiro atoms. The fourth-order valence-electron chi connectivity index (χ4n) is 2.96. The third-order valence-electron chi connectivity index (χ3n) is 4.47. The first-order chi connectivity index (χ1) is 12.8. The Morgan fingerprint density at radius 3 is 2.44 bits per heavy atom. The van der Waals surface area contributed by atoms with Gasteiger partial charge in [-0.3, -0.25) is 9.69 Å². The molecule has 1 aliphatic rings. The smallest absolute Gasteiger partial charge is 0.317 e. The van der Waals surface area contributed by atoms with Crippen LogP contribution in [0.2, 0.25) is 0 Å². The Bertz CT molecular complexity index is 735. The average Bonchev–Trinajstić information content (AvgIpc) is 2.60. The van der Waals surface area contributed by atoms with Gasteiger partial charge in [-0.25, -0.2) is 17.9 Å². The van der Waals surface area contributed by atoms with Gasteiger partial charge in [-0.05, 0) is 31.5 Å². The molecule has 0 atom stereocenters. The first-order valence-electron chi connectivity index (χ1n) is 8.86. The number of nitrogens with one attached hydrogen (secondary N) is 3. The van der Waals surface area contributed by atoms with Gasteiger partial charge in [0.1, 0.15) is 0 Å². The van der Waals surface area contributed by atoms with Crippen LogP contribution in [-0.4, -0.2) is 68.7 Å². The fraction of sp³-hybridized carbons (Fsp3) is 0.529. The molecular formula is C17H26N4O5S. The van der Waals surface area contributed by atoms with Crippen LogP contribution in [0.15, 0.2) is 35.2 Å². The quantitative estimate of drug-likeness (QED) is 0.417. The van der Waals surface area contributed by atoms with Gasteiger partial charge in [0, 0.05) is 25.2 Å². The van der Waals surface area contributed by atoms with E-state index in [1.807, 2.05) is 11.8 Å². The second-order valence-corrected chi connectivity index (χ2v) is 8.16. The Hall–Kier alpha value is -2.17. The van der Waals surface area contributed by atoms with E-state index in [1.165, 1.54) is 12.1 Å². The number of carboxylic acids is 1. The van der Waals surface area contributed by atoms with Crippen molar-refractivity contribution in [2.24, 2.45) is 0 Å². The number of hydrogen-bond donors (Lipinski definition) is 4. The highest BCUT2D eigenvalue weighted by atomic mass is 32.2. The molecule has 4 N–H and O–H groups in total. The molecule has 1 aromatic rings. The van der Waals surface area contributed by atoms with E-state index in [1.54, 1.807) is 18.2 Å². The number of carbonyl (C=O) groups is 2. The van der Waals surface area contributed by atoms with Crippen LogP contribution >= 0.6 is 0 Å². The summed E-state index contributed by atoms with van der Waals surface area (Å²) in [6.07, 6.45) is 1.41. The largest absolute Gasteiger partial charge is 0.480 e. The Balaban J connectivity index is 1.63. The van der Waals surface area contributed by atoms with Crippen LogP contribution in [0, 0.1) is 0 Å². The first kappa shape index (κ1) is 21.1. The summed E-state index contributed by atoms with van der Waals surface area (Å²) in [6, 6.07) is 7.81. The molecule has 0 bridgehead atoms. The summed E-state index contributed by atoms with van der Waals surface area (Å²) in [7, 11) is -3.58. The Morgan fingerprint density at radius 1 is 1.19 bits per heavy atom. The lowest BCUT2D eigenvalue weighted by Gasteiger charge is -2.42. The zero-order valence-corrected chi connectivity index (χ0v) is 16.0. The van der Waals surface area contributed by atoms with E-state index in [0.717, 1.165) is 0 Å². The molecule has 0 unspecified atom stereocenters. The lowest BCUT2D eigenvalue weighted by molar-refractivity contribution is -0.139. The van der Waals surface area contributed by atoms with Crippen molar-refractivity contribution in [3.63, 3.8) is 0 Å². The molecule has 0 aliphatic heterocycles. The average molecular weight is 398 g/mol. The van der Waals surface area contributed by atoms with Crippen molar-refractivity contribution in [3.05, 3.63) is 30.3 Å². The zero-order chi connectivity index (χ0) is 19.9. The van der Waals surface area contributed by atoms with E-state index in [9.17, 15) is 18.0 Å². The lowest BCUT2D eigenvalue weighted by atomic mass is 9.85. The number of amides is 2. The summed E-state index contributed by atoms with van der Waals surface area (Å²) in [5.41, 5.74) is 0. The highest BCUT2D eigenvalue weighted by Gasteiger charge is 2.34. The third-order valence-corrected chi connectivity index (χ3v) is 5.94. The molecule has 1 aromatic carbocycles. The van der Waals surface area contributed by atoms with Crippen molar-refractivity contribution in [2.75, 3.05) is 26.2 Å². The number of sulfonamides is 1. The van der Waals surface area contributed by atoms with Crippen LogP contribution in [-0.2, 0) is 14.8 Å². The number of aliphatic carboxylic acids is 1. The predicted molar refractivity (Wildman–Crippen MR) is 99.9 cm³/mol. The van der Waals surface area contributed by atoms with E-state index in [4.69, 9.17) is 5.11 Å². The Kier molecular flexibility index (Phi) is 7.57. The zero-order valence-electron chi connectivity index (χ0n) is 15.2. The molecule has 0 heterocycles. The molecule has 2 rings (SSSR count). The van der Waals surface area contributed by atoms with Crippen LogP contribution in [0.1, 0.15) is 19.8 Å². The maximum absolute atomic E-state index is 12.0. The predicted octanol–water partition coefficient (Wildman–Crippen LogP) is 0.202. The summed E-state index contributed by atoms with van der Waals surface area (Å²) in [5, 5.41) is 14.3. The highest BCUT2D eigenvalue weighted by molar-refractivity contribution is 7.89. The van der Waals surface area contributed by atoms with Gasteiger partial charge in [0.05, 0.1) is 11.4 Å². The molecule has 10 heteroatoms. The van der Waals surface area contributed by atoms with Crippen LogP contribution in [0.25, 0.3) is 0 Å². The van der Waals surface area contributed by atoms with Crippen molar-refractivity contribution in [1.29, 1.82) is 0 Å². The molecule has 0 radical (unpaired) electrons. The molecule has 1 saturated carbocycles. The van der Waals surface area contributed by atoms with E-state index in [0.29, 0.717) is 19.4 Å². The summed E-state index contributed by atoms with van der Waals surface area (Å²) in [4.78, 5) is 24.7. The van der Waals surface area contributed by atoms with Gasteiger partial charge in [0.15, 0.2) is 0 Å². The first-order valence-corrected chi connectivity index (χ1v) is 10.3. The number of nitrogens with zero attached hydrogens (tertiary/aromatic N) is 1. The normalized spacial score (nSPS) is 19.3. The minimum Gasteiger partial charge on any atom is -0.480 e. The van der Waals surface area contributed by atoms with Gasteiger partial charge in [0.25, 0.3) is 0 Å². The van der Waals surface area contributed by atoms with Gasteiger partial charge in [0.2, 0.25) is 10.0 Å². The van der Waals surface area contributed by atoms with Crippen LogP contribution in [0.5, 0.6) is 0 Å². The van der Waals surface area contributed by atoms with E-state index < -0.39 is 16.0 Å². The second-order valence-electron chi connectivity index (χ2n) is 6.39. The third kappa shape index (κ3) is 6.49. The topological polar surface area (TPSA) is 128 Å². The van der Waals surface area contributed by atoms with E-state index in [2.05, 4.69) is 15.4 Å². The second kappa shape index (κ2) is 9.67. The number of hydrogen-bond acceptors (Lipinski definition) is 5. The molecule has 150 valence electrons. The van der Waals surface area contributed by atoms with Gasteiger partial charge in [-0.2, -0.15) is 0 Å². The number of rotatable bonds is 10. The van der Waals surface area contributed by atoms with Gasteiger partial charge in [-0.15, -0.1) is 0 Å². The maximum Gasteiger partial charge on any atom is 0.317 e. The monoisotopic (exact) mass is 398 g/mol. The van der Waals surface area contributed by atoms with E-state index in [-0.39, 0.29) is 42.6 Å².